The van der Waals surface area contributed by atoms with E-state index < -0.39 is 0 Å². The smallest absolute Gasteiger partial charge is 0.176 e. The summed E-state index contributed by atoms with van der Waals surface area (Å²) in [6.07, 6.45) is 5.47. The monoisotopic (exact) mass is 218 g/mol. The Morgan fingerprint density at radius 2 is 2.50 bits per heavy atom. The third-order valence-electron chi connectivity index (χ3n) is 3.20. The number of aromatic nitrogens is 2. The van der Waals surface area contributed by atoms with Gasteiger partial charge in [0.2, 0.25) is 0 Å². The molecule has 0 radical (unpaired) electrons. The molecule has 0 bridgehead atoms. The molecule has 1 aliphatic rings. The summed E-state index contributed by atoms with van der Waals surface area (Å²) in [5.74, 6) is 2.10. The second kappa shape index (κ2) is 3.79. The molecule has 0 saturated heterocycles. The first-order valence-electron chi connectivity index (χ1n) is 5.57. The van der Waals surface area contributed by atoms with Gasteiger partial charge < -0.3 is 14.1 Å². The van der Waals surface area contributed by atoms with Crippen molar-refractivity contribution >= 4 is 0 Å². The molecule has 0 aliphatic carbocycles. The molecule has 0 fully saturated rings. The molecule has 0 aromatic carbocycles. The van der Waals surface area contributed by atoms with Gasteiger partial charge >= 0.3 is 0 Å². The standard InChI is InChI=1S/C12H14N2O2/c15-8-9-3-4-14-10(6-9)7-13-12(14)11-2-1-5-16-11/h1-2,5,7,9,15H,3-4,6,8H2. The van der Waals surface area contributed by atoms with Crippen molar-refractivity contribution < 1.29 is 9.52 Å². The Morgan fingerprint density at radius 1 is 1.56 bits per heavy atom. The summed E-state index contributed by atoms with van der Waals surface area (Å²) in [6.45, 7) is 1.18. The Kier molecular flexibility index (Phi) is 2.29. The van der Waals surface area contributed by atoms with Crippen LogP contribution in [0.1, 0.15) is 12.1 Å². The Labute approximate surface area is 93.5 Å². The molecule has 2 aromatic heterocycles. The van der Waals surface area contributed by atoms with Crippen LogP contribution in [0.15, 0.2) is 29.0 Å². The van der Waals surface area contributed by atoms with E-state index in [-0.39, 0.29) is 6.61 Å². The zero-order valence-electron chi connectivity index (χ0n) is 8.97. The van der Waals surface area contributed by atoms with Gasteiger partial charge in [-0.2, -0.15) is 0 Å². The first-order valence-corrected chi connectivity index (χ1v) is 5.57. The van der Waals surface area contributed by atoms with Crippen molar-refractivity contribution in [1.82, 2.24) is 9.55 Å². The summed E-state index contributed by atoms with van der Waals surface area (Å²) >= 11 is 0. The molecule has 1 unspecified atom stereocenters. The van der Waals surface area contributed by atoms with Gasteiger partial charge in [0.1, 0.15) is 0 Å². The second-order valence-corrected chi connectivity index (χ2v) is 4.24. The van der Waals surface area contributed by atoms with E-state index in [2.05, 4.69) is 9.55 Å². The zero-order valence-corrected chi connectivity index (χ0v) is 8.97. The molecule has 1 N–H and O–H groups in total. The van der Waals surface area contributed by atoms with Crippen molar-refractivity contribution in [1.29, 1.82) is 0 Å². The van der Waals surface area contributed by atoms with E-state index in [9.17, 15) is 0 Å². The predicted octanol–water partition coefficient (Wildman–Crippen LogP) is 1.70. The van der Waals surface area contributed by atoms with E-state index >= 15 is 0 Å². The SMILES string of the molecule is OCC1CCn2c(cnc2-c2ccco2)C1. The lowest BCUT2D eigenvalue weighted by Crippen LogP contribution is -2.21. The largest absolute Gasteiger partial charge is 0.461 e. The fraction of sp³-hybridized carbons (Fsp3) is 0.417. The Bertz CT molecular complexity index is 473. The maximum absolute atomic E-state index is 9.16. The molecule has 0 saturated carbocycles. The quantitative estimate of drug-likeness (QED) is 0.834. The first kappa shape index (κ1) is 9.66. The summed E-state index contributed by atoms with van der Waals surface area (Å²) in [6, 6.07) is 3.80. The summed E-state index contributed by atoms with van der Waals surface area (Å²) in [5.41, 5.74) is 1.19. The topological polar surface area (TPSA) is 51.2 Å². The van der Waals surface area contributed by atoms with Crippen LogP contribution in [0.2, 0.25) is 0 Å². The van der Waals surface area contributed by atoms with Crippen LogP contribution in [-0.4, -0.2) is 21.3 Å². The van der Waals surface area contributed by atoms with Gasteiger partial charge in [0, 0.05) is 25.0 Å². The number of hydrogen-bond donors (Lipinski definition) is 1. The normalized spacial score (nSPS) is 19.7. The fourth-order valence-electron chi connectivity index (χ4n) is 2.29. The lowest BCUT2D eigenvalue weighted by atomic mass is 9.97. The van der Waals surface area contributed by atoms with Crippen LogP contribution in [0.3, 0.4) is 0 Å². The van der Waals surface area contributed by atoms with Gasteiger partial charge in [0.25, 0.3) is 0 Å². The Hall–Kier alpha value is -1.55. The number of hydrogen-bond acceptors (Lipinski definition) is 3. The van der Waals surface area contributed by atoms with Crippen molar-refractivity contribution in [3.63, 3.8) is 0 Å². The minimum atomic E-state index is 0.265. The lowest BCUT2D eigenvalue weighted by Gasteiger charge is -2.22. The number of fused-ring (bicyclic) bond motifs is 1. The molecule has 16 heavy (non-hydrogen) atoms. The van der Waals surface area contributed by atoms with Gasteiger partial charge in [0.15, 0.2) is 11.6 Å². The van der Waals surface area contributed by atoms with Crippen LogP contribution in [0, 0.1) is 5.92 Å². The second-order valence-electron chi connectivity index (χ2n) is 4.24. The van der Waals surface area contributed by atoms with Gasteiger partial charge in [-0.1, -0.05) is 0 Å². The van der Waals surface area contributed by atoms with Crippen molar-refractivity contribution in [2.75, 3.05) is 6.61 Å². The van der Waals surface area contributed by atoms with Crippen molar-refractivity contribution in [3.05, 3.63) is 30.3 Å². The van der Waals surface area contributed by atoms with Crippen molar-refractivity contribution in [3.8, 4) is 11.6 Å². The number of nitrogens with zero attached hydrogens (tertiary/aromatic N) is 2. The highest BCUT2D eigenvalue weighted by atomic mass is 16.3. The minimum absolute atomic E-state index is 0.265. The number of rotatable bonds is 2. The number of aliphatic hydroxyl groups excluding tert-OH is 1. The number of furan rings is 1. The van der Waals surface area contributed by atoms with Crippen LogP contribution in [-0.2, 0) is 13.0 Å². The third kappa shape index (κ3) is 1.46. The Balaban J connectivity index is 1.97. The summed E-state index contributed by atoms with van der Waals surface area (Å²) in [7, 11) is 0. The molecule has 3 rings (SSSR count). The van der Waals surface area contributed by atoms with Gasteiger partial charge in [0.05, 0.1) is 6.26 Å². The maximum Gasteiger partial charge on any atom is 0.176 e. The minimum Gasteiger partial charge on any atom is -0.461 e. The van der Waals surface area contributed by atoms with Crippen LogP contribution < -0.4 is 0 Å². The van der Waals surface area contributed by atoms with Gasteiger partial charge in [-0.25, -0.2) is 4.98 Å². The van der Waals surface area contributed by atoms with Crippen molar-refractivity contribution in [2.45, 2.75) is 19.4 Å². The van der Waals surface area contributed by atoms with Crippen LogP contribution in [0.25, 0.3) is 11.6 Å². The Morgan fingerprint density at radius 3 is 3.25 bits per heavy atom. The highest BCUT2D eigenvalue weighted by Crippen LogP contribution is 2.26. The third-order valence-corrected chi connectivity index (χ3v) is 3.20. The molecular weight excluding hydrogens is 204 g/mol. The molecule has 4 nitrogen and oxygen atoms in total. The van der Waals surface area contributed by atoms with Gasteiger partial charge in [-0.05, 0) is 30.9 Å². The fourth-order valence-corrected chi connectivity index (χ4v) is 2.29. The van der Waals surface area contributed by atoms with E-state index in [0.717, 1.165) is 31.0 Å². The van der Waals surface area contributed by atoms with Crippen LogP contribution in [0.4, 0.5) is 0 Å². The van der Waals surface area contributed by atoms with E-state index in [1.807, 2.05) is 18.3 Å². The predicted molar refractivity (Wildman–Crippen MR) is 58.8 cm³/mol. The van der Waals surface area contributed by atoms with Gasteiger partial charge in [-0.3, -0.25) is 0 Å². The van der Waals surface area contributed by atoms with E-state index in [0.29, 0.717) is 5.92 Å². The average molecular weight is 218 g/mol. The van der Waals surface area contributed by atoms with Crippen LogP contribution >= 0.6 is 0 Å². The highest BCUT2D eigenvalue weighted by Gasteiger charge is 2.22. The zero-order chi connectivity index (χ0) is 11.0. The summed E-state index contributed by atoms with van der Waals surface area (Å²) in [5, 5.41) is 9.16. The lowest BCUT2D eigenvalue weighted by molar-refractivity contribution is 0.201. The van der Waals surface area contributed by atoms with E-state index in [1.165, 1.54) is 5.69 Å². The molecule has 3 heterocycles. The van der Waals surface area contributed by atoms with Crippen LogP contribution in [0.5, 0.6) is 0 Å². The highest BCUT2D eigenvalue weighted by molar-refractivity contribution is 5.48. The summed E-state index contributed by atoms with van der Waals surface area (Å²) < 4.78 is 7.55. The van der Waals surface area contributed by atoms with E-state index in [1.54, 1.807) is 6.26 Å². The molecule has 0 amide bonds. The molecule has 84 valence electrons. The van der Waals surface area contributed by atoms with Gasteiger partial charge in [-0.15, -0.1) is 0 Å². The number of imidazole rings is 1. The molecule has 2 aromatic rings. The molecular formula is C12H14N2O2. The number of aliphatic hydroxyl groups is 1. The molecule has 1 atom stereocenters. The van der Waals surface area contributed by atoms with E-state index in [4.69, 9.17) is 9.52 Å². The first-order chi connectivity index (χ1) is 7.88. The molecule has 0 spiro atoms. The molecule has 4 heteroatoms. The maximum atomic E-state index is 9.16. The molecule has 1 aliphatic heterocycles. The average Bonchev–Trinajstić information content (AvgIpc) is 2.96. The summed E-state index contributed by atoms with van der Waals surface area (Å²) in [4.78, 5) is 4.40. The van der Waals surface area contributed by atoms with Crippen molar-refractivity contribution in [2.24, 2.45) is 5.92 Å².